The summed E-state index contributed by atoms with van der Waals surface area (Å²) >= 11 is 0. The zero-order valence-corrected chi connectivity index (χ0v) is 11.4. The summed E-state index contributed by atoms with van der Waals surface area (Å²) in [5, 5.41) is 22.0. The molecule has 0 aliphatic carbocycles. The summed E-state index contributed by atoms with van der Waals surface area (Å²) in [5.74, 6) is -0.374. The Bertz CT molecular complexity index is 618. The lowest BCUT2D eigenvalue weighted by Crippen LogP contribution is -2.12. The Labute approximate surface area is 117 Å². The van der Waals surface area contributed by atoms with Gasteiger partial charge >= 0.3 is 0 Å². The number of hydrogen-bond donors (Lipinski definition) is 3. The molecule has 0 fully saturated rings. The van der Waals surface area contributed by atoms with Crippen molar-refractivity contribution in [3.8, 4) is 5.75 Å². The van der Waals surface area contributed by atoms with E-state index in [0.717, 1.165) is 5.56 Å². The average molecular weight is 271 g/mol. The number of rotatable bonds is 3. The second-order valence-corrected chi connectivity index (χ2v) is 4.72. The third-order valence-corrected chi connectivity index (χ3v) is 3.13. The van der Waals surface area contributed by atoms with Crippen LogP contribution in [-0.4, -0.2) is 16.1 Å². The van der Waals surface area contributed by atoms with Crippen LogP contribution in [0.25, 0.3) is 0 Å². The number of aromatic hydroxyl groups is 1. The first-order valence-electron chi connectivity index (χ1n) is 6.37. The molecule has 0 spiro atoms. The maximum absolute atomic E-state index is 12.1. The molecule has 0 aliphatic heterocycles. The fraction of sp³-hybridized carbons (Fsp3) is 0.188. The molecule has 0 heterocycles. The maximum atomic E-state index is 12.1. The zero-order valence-electron chi connectivity index (χ0n) is 11.4. The number of aliphatic hydroxyl groups is 1. The molecule has 0 bridgehead atoms. The van der Waals surface area contributed by atoms with Gasteiger partial charge in [0.1, 0.15) is 5.75 Å². The molecule has 0 radical (unpaired) electrons. The van der Waals surface area contributed by atoms with Crippen LogP contribution < -0.4 is 5.32 Å². The lowest BCUT2D eigenvalue weighted by molar-refractivity contribution is 0.102. The fourth-order valence-corrected chi connectivity index (χ4v) is 1.89. The monoisotopic (exact) mass is 271 g/mol. The third-order valence-electron chi connectivity index (χ3n) is 3.13. The highest BCUT2D eigenvalue weighted by Crippen LogP contribution is 2.23. The van der Waals surface area contributed by atoms with Crippen molar-refractivity contribution in [1.29, 1.82) is 0 Å². The van der Waals surface area contributed by atoms with Crippen molar-refractivity contribution >= 4 is 11.6 Å². The SMILES string of the molecule is Cc1cccc(C(=O)Nc2ccc(C(C)O)cc2)c1O. The number of phenols is 1. The number of benzene rings is 2. The Hall–Kier alpha value is -2.33. The molecule has 0 saturated carbocycles. The Kier molecular flexibility index (Phi) is 4.05. The largest absolute Gasteiger partial charge is 0.507 e. The van der Waals surface area contributed by atoms with E-state index in [-0.39, 0.29) is 17.2 Å². The Morgan fingerprint density at radius 1 is 1.15 bits per heavy atom. The normalized spacial score (nSPS) is 11.9. The molecule has 20 heavy (non-hydrogen) atoms. The summed E-state index contributed by atoms with van der Waals surface area (Å²) < 4.78 is 0. The van der Waals surface area contributed by atoms with Crippen molar-refractivity contribution in [2.45, 2.75) is 20.0 Å². The quantitative estimate of drug-likeness (QED) is 0.803. The highest BCUT2D eigenvalue weighted by Gasteiger charge is 2.12. The number of aryl methyl sites for hydroxylation is 1. The van der Waals surface area contributed by atoms with Crippen molar-refractivity contribution in [2.24, 2.45) is 0 Å². The van der Waals surface area contributed by atoms with Crippen molar-refractivity contribution in [1.82, 2.24) is 0 Å². The minimum Gasteiger partial charge on any atom is -0.507 e. The van der Waals surface area contributed by atoms with E-state index in [1.165, 1.54) is 0 Å². The molecule has 2 aromatic carbocycles. The van der Waals surface area contributed by atoms with E-state index >= 15 is 0 Å². The van der Waals surface area contributed by atoms with E-state index in [9.17, 15) is 15.0 Å². The Morgan fingerprint density at radius 3 is 2.40 bits per heavy atom. The lowest BCUT2D eigenvalue weighted by Gasteiger charge is -2.10. The molecule has 3 N–H and O–H groups in total. The second kappa shape index (κ2) is 5.75. The van der Waals surface area contributed by atoms with Crippen LogP contribution in [0.1, 0.15) is 34.5 Å². The first kappa shape index (κ1) is 14.1. The van der Waals surface area contributed by atoms with Gasteiger partial charge in [-0.15, -0.1) is 0 Å². The number of anilines is 1. The van der Waals surface area contributed by atoms with Gasteiger partial charge in [-0.3, -0.25) is 4.79 Å². The van der Waals surface area contributed by atoms with Crippen LogP contribution in [-0.2, 0) is 0 Å². The first-order valence-corrected chi connectivity index (χ1v) is 6.37. The number of carbonyl (C=O) groups excluding carboxylic acids is 1. The molecule has 1 atom stereocenters. The molecule has 4 nitrogen and oxygen atoms in total. The van der Waals surface area contributed by atoms with E-state index in [2.05, 4.69) is 5.32 Å². The predicted octanol–water partition coefficient (Wildman–Crippen LogP) is 3.01. The number of hydrogen-bond acceptors (Lipinski definition) is 3. The van der Waals surface area contributed by atoms with Gasteiger partial charge in [-0.1, -0.05) is 24.3 Å². The molecule has 2 aromatic rings. The highest BCUT2D eigenvalue weighted by molar-refractivity contribution is 6.06. The number of nitrogens with one attached hydrogen (secondary N) is 1. The molecule has 104 valence electrons. The number of para-hydroxylation sites is 1. The summed E-state index contributed by atoms with van der Waals surface area (Å²) in [6.07, 6.45) is -0.541. The molecule has 2 rings (SSSR count). The van der Waals surface area contributed by atoms with Gasteiger partial charge in [0.25, 0.3) is 5.91 Å². The molecule has 1 unspecified atom stereocenters. The number of aliphatic hydroxyl groups excluding tert-OH is 1. The van der Waals surface area contributed by atoms with Gasteiger partial charge in [0, 0.05) is 5.69 Å². The van der Waals surface area contributed by atoms with Crippen molar-refractivity contribution in [2.75, 3.05) is 5.32 Å². The maximum Gasteiger partial charge on any atom is 0.259 e. The van der Waals surface area contributed by atoms with Crippen LogP contribution in [0.15, 0.2) is 42.5 Å². The average Bonchev–Trinajstić information content (AvgIpc) is 2.42. The summed E-state index contributed by atoms with van der Waals surface area (Å²) in [6, 6.07) is 12.0. The minimum atomic E-state index is -0.541. The summed E-state index contributed by atoms with van der Waals surface area (Å²) in [4.78, 5) is 12.1. The number of amides is 1. The summed E-state index contributed by atoms with van der Waals surface area (Å²) in [7, 11) is 0. The van der Waals surface area contributed by atoms with Gasteiger partial charge in [-0.05, 0) is 43.2 Å². The highest BCUT2D eigenvalue weighted by atomic mass is 16.3. The smallest absolute Gasteiger partial charge is 0.259 e. The van der Waals surface area contributed by atoms with Gasteiger partial charge in [0.05, 0.1) is 11.7 Å². The minimum absolute atomic E-state index is 0.00870. The second-order valence-electron chi connectivity index (χ2n) is 4.72. The van der Waals surface area contributed by atoms with Crippen LogP contribution in [0.5, 0.6) is 5.75 Å². The van der Waals surface area contributed by atoms with Crippen LogP contribution in [0.3, 0.4) is 0 Å². The van der Waals surface area contributed by atoms with E-state index < -0.39 is 6.10 Å². The van der Waals surface area contributed by atoms with Crippen LogP contribution in [0.2, 0.25) is 0 Å². The van der Waals surface area contributed by atoms with E-state index in [0.29, 0.717) is 11.3 Å². The van der Waals surface area contributed by atoms with Crippen molar-refractivity contribution < 1.29 is 15.0 Å². The molecular formula is C16H17NO3. The molecule has 4 heteroatoms. The molecule has 0 aromatic heterocycles. The summed E-state index contributed by atoms with van der Waals surface area (Å²) in [5.41, 5.74) is 2.29. The van der Waals surface area contributed by atoms with E-state index in [4.69, 9.17) is 0 Å². The zero-order chi connectivity index (χ0) is 14.7. The van der Waals surface area contributed by atoms with Crippen molar-refractivity contribution in [3.63, 3.8) is 0 Å². The third kappa shape index (κ3) is 2.97. The van der Waals surface area contributed by atoms with Gasteiger partial charge < -0.3 is 15.5 Å². The molecule has 1 amide bonds. The van der Waals surface area contributed by atoms with E-state index in [1.54, 1.807) is 56.3 Å². The van der Waals surface area contributed by atoms with Crippen LogP contribution in [0, 0.1) is 6.92 Å². The molecule has 0 saturated heterocycles. The lowest BCUT2D eigenvalue weighted by atomic mass is 10.1. The van der Waals surface area contributed by atoms with Crippen molar-refractivity contribution in [3.05, 3.63) is 59.2 Å². The van der Waals surface area contributed by atoms with E-state index in [1.807, 2.05) is 0 Å². The summed E-state index contributed by atoms with van der Waals surface area (Å²) in [6.45, 7) is 3.42. The molecular weight excluding hydrogens is 254 g/mol. The van der Waals surface area contributed by atoms with Gasteiger partial charge in [0.2, 0.25) is 0 Å². The predicted molar refractivity (Wildman–Crippen MR) is 77.9 cm³/mol. The number of phenolic OH excluding ortho intramolecular Hbond substituents is 1. The van der Waals surface area contributed by atoms with Gasteiger partial charge in [-0.25, -0.2) is 0 Å². The Balaban J connectivity index is 2.17. The number of carbonyl (C=O) groups is 1. The molecule has 0 aliphatic rings. The standard InChI is InChI=1S/C16H17NO3/c1-10-4-3-5-14(15(10)19)16(20)17-13-8-6-12(7-9-13)11(2)18/h3-9,11,18-19H,1-2H3,(H,17,20). The first-order chi connectivity index (χ1) is 9.49. The van der Waals surface area contributed by atoms with Crippen LogP contribution in [0.4, 0.5) is 5.69 Å². The van der Waals surface area contributed by atoms with Gasteiger partial charge in [0.15, 0.2) is 0 Å². The van der Waals surface area contributed by atoms with Crippen LogP contribution >= 0.6 is 0 Å². The topological polar surface area (TPSA) is 69.6 Å². The Morgan fingerprint density at radius 2 is 1.80 bits per heavy atom. The fourth-order valence-electron chi connectivity index (χ4n) is 1.89. The van der Waals surface area contributed by atoms with Gasteiger partial charge in [-0.2, -0.15) is 0 Å².